The Bertz CT molecular complexity index is 299. The zero-order chi connectivity index (χ0) is 9.14. The first kappa shape index (κ1) is 9.63. The molecule has 0 radical (unpaired) electrons. The lowest BCUT2D eigenvalue weighted by atomic mass is 10.4. The smallest absolute Gasteiger partial charge is 0.347 e. The molecule has 1 N–H and O–H groups in total. The van der Waals surface area contributed by atoms with E-state index in [4.69, 9.17) is 9.84 Å². The number of hydrogen-bond donors (Lipinski definition) is 1. The van der Waals surface area contributed by atoms with Crippen molar-refractivity contribution in [3.63, 3.8) is 0 Å². The van der Waals surface area contributed by atoms with E-state index in [1.165, 1.54) is 7.11 Å². The number of nitrogens with zero attached hydrogens (tertiary/aromatic N) is 1. The van der Waals surface area contributed by atoms with Crippen LogP contribution in [0.15, 0.2) is 3.92 Å². The van der Waals surface area contributed by atoms with E-state index in [2.05, 4.69) is 20.9 Å². The molecule has 1 rings (SSSR count). The summed E-state index contributed by atoms with van der Waals surface area (Å²) in [7, 11) is 1.50. The minimum absolute atomic E-state index is 0.226. The van der Waals surface area contributed by atoms with Gasteiger partial charge in [-0.1, -0.05) is 11.3 Å². The van der Waals surface area contributed by atoms with Gasteiger partial charge in [0, 0.05) is 7.11 Å². The number of aromatic carboxylic acids is 1. The van der Waals surface area contributed by atoms with Crippen molar-refractivity contribution in [2.24, 2.45) is 0 Å². The Labute approximate surface area is 81.3 Å². The Kier molecular flexibility index (Phi) is 3.19. The molecule has 12 heavy (non-hydrogen) atoms. The van der Waals surface area contributed by atoms with E-state index in [0.717, 1.165) is 11.3 Å². The minimum atomic E-state index is -0.967. The van der Waals surface area contributed by atoms with E-state index in [-0.39, 0.29) is 11.5 Å². The average Bonchev–Trinajstić information content (AvgIpc) is 2.32. The standard InChI is InChI=1S/C6H6BrNO3S/c1-11-2-3-4(5(9)10)12-6(7)8-3/h2H2,1H3,(H,9,10). The number of halogens is 1. The molecule has 0 fully saturated rings. The maximum atomic E-state index is 10.6. The summed E-state index contributed by atoms with van der Waals surface area (Å²) in [5, 5.41) is 8.70. The van der Waals surface area contributed by atoms with Crippen molar-refractivity contribution in [2.75, 3.05) is 7.11 Å². The first-order valence-corrected chi connectivity index (χ1v) is 4.63. The molecule has 1 heterocycles. The summed E-state index contributed by atoms with van der Waals surface area (Å²) in [5.41, 5.74) is 0.460. The van der Waals surface area contributed by atoms with Gasteiger partial charge in [-0.3, -0.25) is 0 Å². The Hall–Kier alpha value is -0.460. The lowest BCUT2D eigenvalue weighted by Crippen LogP contribution is -1.99. The molecular formula is C6H6BrNO3S. The number of aromatic nitrogens is 1. The van der Waals surface area contributed by atoms with Crippen molar-refractivity contribution in [1.29, 1.82) is 0 Å². The van der Waals surface area contributed by atoms with Gasteiger partial charge >= 0.3 is 5.97 Å². The SMILES string of the molecule is COCc1nc(Br)sc1C(=O)O. The fraction of sp³-hybridized carbons (Fsp3) is 0.333. The topological polar surface area (TPSA) is 59.4 Å². The van der Waals surface area contributed by atoms with Crippen LogP contribution in [-0.2, 0) is 11.3 Å². The van der Waals surface area contributed by atoms with Gasteiger partial charge in [-0.15, -0.1) is 0 Å². The lowest BCUT2D eigenvalue weighted by Gasteiger charge is -1.94. The molecule has 0 unspecified atom stereocenters. The Morgan fingerprint density at radius 3 is 3.00 bits per heavy atom. The normalized spacial score (nSPS) is 10.2. The van der Waals surface area contributed by atoms with Gasteiger partial charge in [-0.2, -0.15) is 0 Å². The second-order valence-electron chi connectivity index (χ2n) is 1.98. The predicted octanol–water partition coefficient (Wildman–Crippen LogP) is 1.75. The Morgan fingerprint density at radius 1 is 1.83 bits per heavy atom. The average molecular weight is 252 g/mol. The fourth-order valence-electron chi connectivity index (χ4n) is 0.724. The van der Waals surface area contributed by atoms with Gasteiger partial charge in [-0.05, 0) is 15.9 Å². The van der Waals surface area contributed by atoms with Gasteiger partial charge in [0.15, 0.2) is 3.92 Å². The maximum Gasteiger partial charge on any atom is 0.347 e. The number of carboxylic acid groups (broad SMARTS) is 1. The second kappa shape index (κ2) is 3.97. The molecule has 0 saturated heterocycles. The maximum absolute atomic E-state index is 10.6. The molecule has 66 valence electrons. The first-order chi connectivity index (χ1) is 5.65. The lowest BCUT2D eigenvalue weighted by molar-refractivity contribution is 0.0697. The zero-order valence-electron chi connectivity index (χ0n) is 6.20. The van der Waals surface area contributed by atoms with Crippen LogP contribution < -0.4 is 0 Å². The van der Waals surface area contributed by atoms with Crippen LogP contribution in [0.4, 0.5) is 0 Å². The summed E-state index contributed by atoms with van der Waals surface area (Å²) in [6.07, 6.45) is 0. The molecule has 0 aliphatic heterocycles. The molecule has 0 atom stereocenters. The molecule has 0 amide bonds. The monoisotopic (exact) mass is 251 g/mol. The molecular weight excluding hydrogens is 246 g/mol. The minimum Gasteiger partial charge on any atom is -0.477 e. The summed E-state index contributed by atoms with van der Waals surface area (Å²) in [5.74, 6) is -0.967. The number of carboxylic acids is 1. The summed E-state index contributed by atoms with van der Waals surface area (Å²) in [6, 6.07) is 0. The van der Waals surface area contributed by atoms with E-state index in [1.54, 1.807) is 0 Å². The van der Waals surface area contributed by atoms with Crippen LogP contribution in [0.2, 0.25) is 0 Å². The van der Waals surface area contributed by atoms with Gasteiger partial charge < -0.3 is 9.84 Å². The third-order valence-corrected chi connectivity index (χ3v) is 2.68. The van der Waals surface area contributed by atoms with Gasteiger partial charge in [0.1, 0.15) is 4.88 Å². The molecule has 0 bridgehead atoms. The van der Waals surface area contributed by atoms with E-state index >= 15 is 0 Å². The van der Waals surface area contributed by atoms with E-state index in [1.807, 2.05) is 0 Å². The van der Waals surface area contributed by atoms with Crippen molar-refractivity contribution < 1.29 is 14.6 Å². The highest BCUT2D eigenvalue weighted by Crippen LogP contribution is 2.23. The Balaban J connectivity index is 2.99. The van der Waals surface area contributed by atoms with Crippen LogP contribution in [0.5, 0.6) is 0 Å². The largest absolute Gasteiger partial charge is 0.477 e. The van der Waals surface area contributed by atoms with Gasteiger partial charge in [0.05, 0.1) is 12.3 Å². The number of hydrogen-bond acceptors (Lipinski definition) is 4. The summed E-state index contributed by atoms with van der Waals surface area (Å²) in [4.78, 5) is 14.8. The predicted molar refractivity (Wildman–Crippen MR) is 47.5 cm³/mol. The van der Waals surface area contributed by atoms with Crippen LogP contribution in [0.3, 0.4) is 0 Å². The van der Waals surface area contributed by atoms with Crippen molar-refractivity contribution >= 4 is 33.2 Å². The van der Waals surface area contributed by atoms with Gasteiger partial charge in [-0.25, -0.2) is 9.78 Å². The third kappa shape index (κ3) is 2.02. The fourth-order valence-corrected chi connectivity index (χ4v) is 2.06. The van der Waals surface area contributed by atoms with Crippen molar-refractivity contribution in [3.8, 4) is 0 Å². The number of methoxy groups -OCH3 is 1. The van der Waals surface area contributed by atoms with E-state index in [9.17, 15) is 4.79 Å². The summed E-state index contributed by atoms with van der Waals surface area (Å²) in [6.45, 7) is 0.226. The summed E-state index contributed by atoms with van der Waals surface area (Å²) >= 11 is 4.20. The third-order valence-electron chi connectivity index (χ3n) is 1.15. The number of rotatable bonds is 3. The molecule has 1 aromatic heterocycles. The molecule has 0 saturated carbocycles. The molecule has 6 heteroatoms. The van der Waals surface area contributed by atoms with Crippen LogP contribution >= 0.6 is 27.3 Å². The van der Waals surface area contributed by atoms with Crippen LogP contribution in [0, 0.1) is 0 Å². The van der Waals surface area contributed by atoms with Crippen molar-refractivity contribution in [2.45, 2.75) is 6.61 Å². The quantitative estimate of drug-likeness (QED) is 0.890. The van der Waals surface area contributed by atoms with Crippen LogP contribution in [0.1, 0.15) is 15.4 Å². The summed E-state index contributed by atoms with van der Waals surface area (Å²) < 4.78 is 5.35. The van der Waals surface area contributed by atoms with E-state index < -0.39 is 5.97 Å². The van der Waals surface area contributed by atoms with Gasteiger partial charge in [0.25, 0.3) is 0 Å². The molecule has 1 aromatic rings. The molecule has 0 aromatic carbocycles. The molecule has 0 aliphatic rings. The van der Waals surface area contributed by atoms with E-state index in [0.29, 0.717) is 9.61 Å². The molecule has 4 nitrogen and oxygen atoms in total. The molecule has 0 aliphatic carbocycles. The molecule has 0 spiro atoms. The van der Waals surface area contributed by atoms with Crippen molar-refractivity contribution in [1.82, 2.24) is 4.98 Å². The zero-order valence-corrected chi connectivity index (χ0v) is 8.61. The second-order valence-corrected chi connectivity index (χ2v) is 4.26. The van der Waals surface area contributed by atoms with Crippen LogP contribution in [-0.4, -0.2) is 23.2 Å². The first-order valence-electron chi connectivity index (χ1n) is 3.02. The highest BCUT2D eigenvalue weighted by molar-refractivity contribution is 9.11. The van der Waals surface area contributed by atoms with Crippen molar-refractivity contribution in [3.05, 3.63) is 14.5 Å². The number of ether oxygens (including phenoxy) is 1. The number of thiazole rings is 1. The number of carbonyl (C=O) groups is 1. The Morgan fingerprint density at radius 2 is 2.50 bits per heavy atom. The highest BCUT2D eigenvalue weighted by Gasteiger charge is 2.15. The van der Waals surface area contributed by atoms with Crippen LogP contribution in [0.25, 0.3) is 0 Å². The highest BCUT2D eigenvalue weighted by atomic mass is 79.9. The van der Waals surface area contributed by atoms with Gasteiger partial charge in [0.2, 0.25) is 0 Å².